The molecule has 1 N–H and O–H groups in total. The van der Waals surface area contributed by atoms with Gasteiger partial charge in [-0.25, -0.2) is 4.79 Å². The molecule has 2 fully saturated rings. The number of ketones is 1. The van der Waals surface area contributed by atoms with E-state index in [2.05, 4.69) is 35.3 Å². The molecular formula is C50H52N4O6. The van der Waals surface area contributed by atoms with Crippen LogP contribution in [0, 0.1) is 0 Å². The first-order valence-corrected chi connectivity index (χ1v) is 21.0. The van der Waals surface area contributed by atoms with Gasteiger partial charge in [0, 0.05) is 54.4 Å². The van der Waals surface area contributed by atoms with Crippen LogP contribution in [0.2, 0.25) is 0 Å². The minimum Gasteiger partial charge on any atom is -0.460 e. The Morgan fingerprint density at radius 1 is 0.800 bits per heavy atom. The number of hydrogen-bond acceptors (Lipinski definition) is 7. The molecule has 0 unspecified atom stereocenters. The third-order valence-electron chi connectivity index (χ3n) is 11.7. The van der Waals surface area contributed by atoms with Crippen molar-refractivity contribution in [2.75, 3.05) is 13.1 Å². The number of allylic oxidation sites excluding steroid dienone is 1. The quantitative estimate of drug-likeness (QED) is 0.126. The van der Waals surface area contributed by atoms with Crippen LogP contribution < -0.4 is 0 Å². The van der Waals surface area contributed by atoms with E-state index in [1.54, 1.807) is 4.90 Å². The average molecular weight is 805 g/mol. The number of H-pyrrole nitrogens is 1. The van der Waals surface area contributed by atoms with Crippen molar-refractivity contribution in [2.45, 2.75) is 95.9 Å². The van der Waals surface area contributed by atoms with Crippen LogP contribution >= 0.6 is 0 Å². The molecule has 1 aromatic heterocycles. The molecule has 3 aliphatic heterocycles. The number of carbonyl (C=O) groups excluding carboxylic acids is 4. The molecule has 5 aromatic rings. The van der Waals surface area contributed by atoms with Gasteiger partial charge in [0.05, 0.1) is 24.4 Å². The molecule has 8 rings (SSSR count). The molecule has 2 amide bonds. The van der Waals surface area contributed by atoms with Crippen molar-refractivity contribution in [3.05, 3.63) is 138 Å². The molecule has 4 aromatic carbocycles. The lowest BCUT2D eigenvalue weighted by molar-refractivity contribution is -0.157. The summed E-state index contributed by atoms with van der Waals surface area (Å²) in [7, 11) is 0. The Labute approximate surface area is 351 Å². The number of esters is 1. The minimum absolute atomic E-state index is 0.00684. The van der Waals surface area contributed by atoms with Gasteiger partial charge < -0.3 is 19.4 Å². The Bertz CT molecular complexity index is 2430. The fourth-order valence-corrected chi connectivity index (χ4v) is 8.74. The lowest BCUT2D eigenvalue weighted by atomic mass is 9.93. The summed E-state index contributed by atoms with van der Waals surface area (Å²) in [6.45, 7) is 6.82. The van der Waals surface area contributed by atoms with Gasteiger partial charge in [-0.1, -0.05) is 91.0 Å². The zero-order valence-corrected chi connectivity index (χ0v) is 34.6. The zero-order chi connectivity index (χ0) is 41.8. The van der Waals surface area contributed by atoms with Gasteiger partial charge in [0.1, 0.15) is 12.2 Å². The van der Waals surface area contributed by atoms with E-state index in [-0.39, 0.29) is 43.3 Å². The maximum atomic E-state index is 14.1. The molecule has 0 bridgehead atoms. The van der Waals surface area contributed by atoms with Gasteiger partial charge in [0.2, 0.25) is 5.91 Å². The van der Waals surface area contributed by atoms with Crippen LogP contribution in [0.5, 0.6) is 0 Å². The Morgan fingerprint density at radius 2 is 1.50 bits per heavy atom. The lowest BCUT2D eigenvalue weighted by Gasteiger charge is -2.29. The Hall–Kier alpha value is -6.29. The van der Waals surface area contributed by atoms with Crippen molar-refractivity contribution < 1.29 is 28.7 Å². The van der Waals surface area contributed by atoms with Crippen LogP contribution in [0.1, 0.15) is 87.5 Å². The molecule has 3 atom stereocenters. The Morgan fingerprint density at radius 3 is 2.25 bits per heavy atom. The van der Waals surface area contributed by atoms with E-state index in [0.29, 0.717) is 25.9 Å². The van der Waals surface area contributed by atoms with E-state index in [1.165, 1.54) is 0 Å². The van der Waals surface area contributed by atoms with Gasteiger partial charge in [-0.15, -0.1) is 0 Å². The van der Waals surface area contributed by atoms with Crippen LogP contribution in [0.4, 0.5) is 4.79 Å². The van der Waals surface area contributed by atoms with E-state index < -0.39 is 23.5 Å². The number of ether oxygens (including phenoxy) is 2. The summed E-state index contributed by atoms with van der Waals surface area (Å²) in [6, 6.07) is 35.0. The van der Waals surface area contributed by atoms with Gasteiger partial charge in [-0.05, 0) is 98.0 Å². The van der Waals surface area contributed by atoms with E-state index in [1.807, 2.05) is 111 Å². The first-order chi connectivity index (χ1) is 29.0. The molecule has 60 heavy (non-hydrogen) atoms. The second-order valence-corrected chi connectivity index (χ2v) is 17.1. The van der Waals surface area contributed by atoms with Crippen LogP contribution in [0.15, 0.2) is 120 Å². The highest BCUT2D eigenvalue weighted by molar-refractivity contribution is 6.03. The fraction of sp³-hybridized carbons (Fsp3) is 0.340. The Kier molecular flexibility index (Phi) is 11.8. The monoisotopic (exact) mass is 804 g/mol. The summed E-state index contributed by atoms with van der Waals surface area (Å²) in [5.41, 5.74) is 8.09. The molecule has 2 saturated heterocycles. The molecular weight excluding hydrogens is 753 g/mol. The van der Waals surface area contributed by atoms with Crippen LogP contribution in [0.25, 0.3) is 27.7 Å². The maximum Gasteiger partial charge on any atom is 0.410 e. The molecule has 3 aliphatic rings. The summed E-state index contributed by atoms with van der Waals surface area (Å²) >= 11 is 0. The van der Waals surface area contributed by atoms with Gasteiger partial charge in [-0.2, -0.15) is 0 Å². The zero-order valence-electron chi connectivity index (χ0n) is 34.6. The van der Waals surface area contributed by atoms with E-state index >= 15 is 0 Å². The van der Waals surface area contributed by atoms with Gasteiger partial charge in [-0.3, -0.25) is 24.3 Å². The van der Waals surface area contributed by atoms with Gasteiger partial charge in [0.15, 0.2) is 5.78 Å². The van der Waals surface area contributed by atoms with Crippen LogP contribution in [0.3, 0.4) is 0 Å². The number of benzene rings is 4. The van der Waals surface area contributed by atoms with Gasteiger partial charge in [0.25, 0.3) is 0 Å². The van der Waals surface area contributed by atoms with Crippen molar-refractivity contribution in [3.63, 3.8) is 0 Å². The second-order valence-electron chi connectivity index (χ2n) is 17.1. The van der Waals surface area contributed by atoms with E-state index in [9.17, 15) is 19.2 Å². The van der Waals surface area contributed by atoms with Gasteiger partial charge >= 0.3 is 12.1 Å². The number of nitrogens with one attached hydrogen (secondary N) is 1. The molecule has 10 heteroatoms. The van der Waals surface area contributed by atoms with Crippen molar-refractivity contribution in [1.29, 1.82) is 0 Å². The summed E-state index contributed by atoms with van der Waals surface area (Å²) < 4.78 is 11.3. The molecule has 0 spiro atoms. The summed E-state index contributed by atoms with van der Waals surface area (Å²) in [5, 5.41) is 1.00. The highest BCUT2D eigenvalue weighted by Gasteiger charge is 2.39. The number of rotatable bonds is 12. The molecule has 10 nitrogen and oxygen atoms in total. The van der Waals surface area contributed by atoms with Crippen molar-refractivity contribution >= 4 is 45.9 Å². The van der Waals surface area contributed by atoms with Crippen molar-refractivity contribution in [3.8, 4) is 11.3 Å². The predicted molar refractivity (Wildman–Crippen MR) is 233 cm³/mol. The number of likely N-dealkylation sites (tertiary alicyclic amines) is 2. The lowest BCUT2D eigenvalue weighted by Crippen LogP contribution is -2.44. The normalized spacial score (nSPS) is 18.3. The average Bonchev–Trinajstić information content (AvgIpc) is 4.08. The largest absolute Gasteiger partial charge is 0.460 e. The van der Waals surface area contributed by atoms with Crippen molar-refractivity contribution in [1.82, 2.24) is 14.8 Å². The predicted octanol–water partition coefficient (Wildman–Crippen LogP) is 9.44. The molecule has 308 valence electrons. The number of nitrogens with zero attached hydrogens (tertiary/aromatic N) is 3. The smallest absolute Gasteiger partial charge is 0.410 e. The van der Waals surface area contributed by atoms with Crippen molar-refractivity contribution in [2.24, 2.45) is 4.99 Å². The fourth-order valence-electron chi connectivity index (χ4n) is 8.74. The number of carbonyl (C=O) groups is 4. The third kappa shape index (κ3) is 9.28. The summed E-state index contributed by atoms with van der Waals surface area (Å²) in [6.07, 6.45) is 5.55. The second kappa shape index (κ2) is 17.5. The number of hydrogen-bond donors (Lipinski definition) is 1. The molecule has 4 heterocycles. The number of amides is 2. The minimum atomic E-state index is -0.732. The first kappa shape index (κ1) is 40.5. The molecule has 0 saturated carbocycles. The number of Topliss-reactive ketones (excluding diaryl/α,β-unsaturated/α-hetero) is 1. The topological polar surface area (TPSA) is 121 Å². The van der Waals surface area contributed by atoms with Crippen LogP contribution in [-0.2, 0) is 36.9 Å². The van der Waals surface area contributed by atoms with E-state index in [4.69, 9.17) is 14.5 Å². The molecule has 0 radical (unpaired) electrons. The first-order valence-electron chi connectivity index (χ1n) is 21.0. The maximum absolute atomic E-state index is 14.1. The van der Waals surface area contributed by atoms with E-state index in [0.717, 1.165) is 75.0 Å². The number of fused-ring (bicyclic) bond motifs is 1. The summed E-state index contributed by atoms with van der Waals surface area (Å²) in [5.74, 6) is -1.39. The number of aromatic amines is 1. The SMILES string of the molecule is CC(C)(C)OC(=O)C[C@@H](C(=O)N1CCC[C@H]1C(=O)Cc1ccc2[nH]c(-c3ccc(C4=CN=C([C@@H]5CCCN5C(=O)OCc5ccccc5)C4)cc3)cc2c1)c1ccccc1. The number of aliphatic imine (C=N–C) groups is 1. The Balaban J connectivity index is 0.887. The molecule has 0 aliphatic carbocycles. The highest BCUT2D eigenvalue weighted by Crippen LogP contribution is 2.33. The standard InChI is InChI=1S/C50H52N4O6/c1-50(2,3)60-47(56)30-40(36-14-8-5-9-15-36)48(57)53-24-11-17-45(53)46(55)27-34-18-23-41-38(26-34)28-42(52-41)37-21-19-35(20-22-37)39-29-43(51-31-39)44-16-10-25-54(44)49(58)59-32-33-12-6-4-7-13-33/h4-9,12-15,18-23,26,28,31,40,44-45,52H,10-11,16-17,24-25,27,29-30,32H2,1-3H3/t40-,44+,45+/m1/s1. The third-order valence-corrected chi connectivity index (χ3v) is 11.7. The number of aromatic nitrogens is 1. The summed E-state index contributed by atoms with van der Waals surface area (Å²) in [4.78, 5) is 65.8. The highest BCUT2D eigenvalue weighted by atomic mass is 16.6. The van der Waals surface area contributed by atoms with Crippen LogP contribution in [-0.4, -0.2) is 75.0 Å².